The Balaban J connectivity index is 0.000000194. The summed E-state index contributed by atoms with van der Waals surface area (Å²) in [4.78, 5) is 106. The number of rotatable bonds is 25. The number of carbonyl (C=O) groups is 6. The molecule has 0 spiro atoms. The first-order chi connectivity index (χ1) is 65.6. The van der Waals surface area contributed by atoms with Gasteiger partial charge in [-0.25, -0.2) is 78.6 Å². The van der Waals surface area contributed by atoms with Gasteiger partial charge in [-0.05, 0) is 226 Å². The van der Waals surface area contributed by atoms with Gasteiger partial charge in [0.1, 0.15) is 33.8 Å². The molecule has 1 aliphatic heterocycles. The highest BCUT2D eigenvalue weighted by Crippen LogP contribution is 2.37. The van der Waals surface area contributed by atoms with Crippen LogP contribution in [-0.4, -0.2) is 204 Å². The summed E-state index contributed by atoms with van der Waals surface area (Å²) < 4.78 is 120. The molecule has 35 nitrogen and oxygen atoms in total. The molecule has 137 heavy (non-hydrogen) atoms. The zero-order valence-corrected chi connectivity index (χ0v) is 80.5. The smallest absolute Gasteiger partial charge is 0.479 e. The lowest BCUT2D eigenvalue weighted by atomic mass is 9.80. The third-order valence-electron chi connectivity index (χ3n) is 18.3. The van der Waals surface area contributed by atoms with Crippen LogP contribution < -0.4 is 34.9 Å². The summed E-state index contributed by atoms with van der Waals surface area (Å²) in [5.41, 5.74) is 14.0. The number of nitrogens with zero attached hydrogens (tertiary/aromatic N) is 14. The Morgan fingerprint density at radius 1 is 0.409 bits per heavy atom. The lowest BCUT2D eigenvalue weighted by Crippen LogP contribution is -2.41. The Kier molecular flexibility index (Phi) is 43.2. The fourth-order valence-corrected chi connectivity index (χ4v) is 12.1. The van der Waals surface area contributed by atoms with E-state index in [1.165, 1.54) is 31.3 Å². The van der Waals surface area contributed by atoms with Crippen molar-refractivity contribution in [2.45, 2.75) is 86.6 Å². The average Bonchev–Trinajstić information content (AvgIpc) is 1.62. The predicted molar refractivity (Wildman–Crippen MR) is 508 cm³/mol. The van der Waals surface area contributed by atoms with Gasteiger partial charge >= 0.3 is 49.1 Å². The number of carboxylic acids is 1. The largest absolute Gasteiger partial charge is 0.496 e. The predicted octanol–water partition coefficient (Wildman–Crippen LogP) is 15.9. The van der Waals surface area contributed by atoms with Gasteiger partial charge in [-0.2, -0.15) is 17.6 Å². The van der Waals surface area contributed by atoms with Crippen LogP contribution in [0.15, 0.2) is 264 Å². The Morgan fingerprint density at radius 2 is 0.745 bits per heavy atom. The number of nitrogen functional groups attached to an aromatic ring is 1. The molecular weight excluding hydrogens is 1990 g/mol. The highest BCUT2D eigenvalue weighted by atomic mass is 79.9. The van der Waals surface area contributed by atoms with Gasteiger partial charge in [0.25, 0.3) is 0 Å². The molecule has 0 saturated carbocycles. The number of carbonyl (C=O) groups excluding carboxylic acids is 5. The van der Waals surface area contributed by atoms with Crippen LogP contribution in [0.5, 0.6) is 29.4 Å². The van der Waals surface area contributed by atoms with E-state index in [4.69, 9.17) is 63.2 Å². The van der Waals surface area contributed by atoms with E-state index in [1.54, 1.807) is 133 Å². The number of aliphatic carboxylic acids is 1. The second-order valence-electron chi connectivity index (χ2n) is 28.6. The number of nitrogens with two attached hydrogens (primary N) is 1. The Hall–Kier alpha value is -14.4. The van der Waals surface area contributed by atoms with Crippen molar-refractivity contribution < 1.29 is 113 Å². The number of alkyl halides is 3. The van der Waals surface area contributed by atoms with E-state index in [-0.39, 0.29) is 43.6 Å². The van der Waals surface area contributed by atoms with Crippen molar-refractivity contribution in [2.24, 2.45) is 0 Å². The number of pyridine rings is 10. The molecule has 4 N–H and O–H groups in total. The number of aryl methyl sites for hydroxylation is 1. The number of anilines is 1. The highest BCUT2D eigenvalue weighted by Gasteiger charge is 2.52. The molecule has 0 aliphatic carbocycles. The Bertz CT molecular complexity index is 6140. The molecule has 1 aromatic carbocycles. The molecule has 0 radical (unpaired) electrons. The summed E-state index contributed by atoms with van der Waals surface area (Å²) in [6, 6.07) is 47.6. The van der Waals surface area contributed by atoms with Gasteiger partial charge in [0.05, 0.1) is 91.7 Å². The van der Waals surface area contributed by atoms with Crippen molar-refractivity contribution in [3.05, 3.63) is 281 Å². The summed E-state index contributed by atoms with van der Waals surface area (Å²) in [6.07, 6.45) is 20.3. The zero-order valence-electron chi connectivity index (χ0n) is 75.8. The molecule has 1 saturated heterocycles. The maximum absolute atomic E-state index is 12.2. The first-order valence-electron chi connectivity index (χ1n) is 41.8. The van der Waals surface area contributed by atoms with Crippen LogP contribution in [0, 0.1) is 12.9 Å². The van der Waals surface area contributed by atoms with Gasteiger partial charge in [0, 0.05) is 123 Å². The van der Waals surface area contributed by atoms with Crippen molar-refractivity contribution in [3.8, 4) is 63.2 Å². The SMILES string of the molecule is Brc1cnc2ccccn12.CCOC(=O)CO.CCOC(=O)COc1ccc(-c2cnc3ccccn23)cn1.CCOC(=O)COc1ccc(-c2cnc3ccccn23)cn1.CCOC(=O)COc1ccc(B2OC(C)(C)C(C)(C)O2)cn1.CCOC(=O)COc1ccc(Br)cn1.Cc1ccc(N)cc1C(F)(F)F.Fc1ccc(Br)cn1.O=C(O)COc1ccc(-c2cnc3ccccn23)cn1. The van der Waals surface area contributed by atoms with E-state index in [1.807, 2.05) is 167 Å². The molecule has 15 aromatic rings. The fourth-order valence-electron chi connectivity index (χ4n) is 11.2. The summed E-state index contributed by atoms with van der Waals surface area (Å²) in [7, 11) is -0.461. The van der Waals surface area contributed by atoms with Crippen LogP contribution in [0.25, 0.3) is 56.4 Å². The molecule has 1 fully saturated rings. The van der Waals surface area contributed by atoms with Crippen molar-refractivity contribution in [2.75, 3.05) is 78.4 Å². The molecule has 16 rings (SSSR count). The molecule has 43 heteroatoms. The minimum Gasteiger partial charge on any atom is -0.479 e. The third kappa shape index (κ3) is 35.4. The van der Waals surface area contributed by atoms with Crippen LogP contribution >= 0.6 is 47.8 Å². The number of aliphatic hydroxyl groups excluding tert-OH is 1. The van der Waals surface area contributed by atoms with E-state index in [0.717, 1.165) is 81.4 Å². The first kappa shape index (κ1) is 108. The molecule has 720 valence electrons. The van der Waals surface area contributed by atoms with E-state index < -0.39 is 85.0 Å². The van der Waals surface area contributed by atoms with E-state index in [0.29, 0.717) is 56.6 Å². The van der Waals surface area contributed by atoms with Gasteiger partial charge in [0.2, 0.25) is 35.3 Å². The topological polar surface area (TPSA) is 426 Å². The Labute approximate surface area is 809 Å². The standard InChI is InChI=1S/2C16H15N3O3.C15H22BNO5.C14H11N3O3.C9H10BrNO3.C8H8F3N.C7H5BrN2.C5H3BrFN.C4H8O3/c2*1-2-21-16(20)11-22-15-7-6-12(9-18-15)13-10-17-14-5-3-4-8-19(13)14;1-6-19-13(18)10-20-12-8-7-11(9-17-12)16-21-14(2,3)15(4,5)22-16;18-14(19)9-20-13-5-4-10(7-16-13)11-8-15-12-3-1-2-6-17(11)12;1-2-13-9(12)6-14-8-4-3-7(10)5-11-8;1-5-2-3-6(12)4-7(5)8(9,10)11;8-6-5-9-7-3-1-2-4-10(6)7;6-4-1-2-5(7)8-3-4;1-2-7-4(6)3-5/h2*3-10H,2,11H2,1H3;7-9H,6,10H2,1-5H3;1-8H,9H2,(H,18,19);3-5H,2,6H2,1H3;2-4H,12H2,1H3;1-5H;1-3H;5H,2-3H2,1H3. The number of halogens is 7. The van der Waals surface area contributed by atoms with Gasteiger partial charge in [-0.15, -0.1) is 0 Å². The number of carboxylic acid groups (broad SMARTS) is 1. The number of aliphatic hydroxyl groups is 1. The summed E-state index contributed by atoms with van der Waals surface area (Å²) in [6.45, 7) is 18.3. The monoisotopic (exact) mass is 2080 g/mol. The molecule has 0 atom stereocenters. The van der Waals surface area contributed by atoms with Crippen molar-refractivity contribution in [1.29, 1.82) is 0 Å². The molecule has 0 unspecified atom stereocenters. The quantitative estimate of drug-likeness (QED) is 0.0119. The van der Waals surface area contributed by atoms with Crippen LogP contribution in [0.3, 0.4) is 0 Å². The highest BCUT2D eigenvalue weighted by molar-refractivity contribution is 9.11. The summed E-state index contributed by atoms with van der Waals surface area (Å²) in [5, 5.41) is 16.5. The van der Waals surface area contributed by atoms with E-state index in [9.17, 15) is 46.3 Å². The maximum Gasteiger partial charge on any atom is 0.496 e. The van der Waals surface area contributed by atoms with E-state index >= 15 is 0 Å². The maximum atomic E-state index is 12.2. The molecule has 1 aliphatic rings. The van der Waals surface area contributed by atoms with Crippen LogP contribution in [-0.2, 0) is 67.9 Å². The number of benzene rings is 1. The van der Waals surface area contributed by atoms with Crippen molar-refractivity contribution >= 4 is 124 Å². The number of fused-ring (bicyclic) bond motifs is 4. The molecule has 0 bridgehead atoms. The second-order valence-corrected chi connectivity index (χ2v) is 31.3. The number of hydrogen-bond acceptors (Lipinski definition) is 30. The van der Waals surface area contributed by atoms with Gasteiger partial charge in [0.15, 0.2) is 33.0 Å². The molecule has 15 heterocycles. The molecule has 14 aromatic heterocycles. The number of ether oxygens (including phenoxy) is 10. The number of hydrogen-bond donors (Lipinski definition) is 3. The zero-order chi connectivity index (χ0) is 99.5. The molecule has 0 amide bonds. The number of esters is 5. The summed E-state index contributed by atoms with van der Waals surface area (Å²) in [5.74, 6) is -1.87. The first-order valence-corrected chi connectivity index (χ1v) is 44.1. The Morgan fingerprint density at radius 3 is 1.04 bits per heavy atom. The number of aromatic nitrogens is 14. The summed E-state index contributed by atoms with van der Waals surface area (Å²) >= 11 is 9.72. The van der Waals surface area contributed by atoms with Crippen molar-refractivity contribution in [1.82, 2.24) is 67.4 Å². The normalized spacial score (nSPS) is 11.7. The lowest BCUT2D eigenvalue weighted by molar-refractivity contribution is -0.147. The van der Waals surface area contributed by atoms with Gasteiger partial charge in [-0.1, -0.05) is 36.4 Å². The number of imidazole rings is 4. The van der Waals surface area contributed by atoms with E-state index in [2.05, 4.69) is 107 Å². The molecular formula is C94H97BBr3F4N15O20. The fraction of sp³-hybridized carbons (Fsp3) is 0.255. The average molecular weight is 2080 g/mol. The third-order valence-corrected chi connectivity index (χ3v) is 19.8. The minimum atomic E-state index is -4.31. The second kappa shape index (κ2) is 54.8. The van der Waals surface area contributed by atoms with Crippen LogP contribution in [0.1, 0.15) is 73.4 Å². The van der Waals surface area contributed by atoms with Crippen molar-refractivity contribution in [3.63, 3.8) is 0 Å². The minimum absolute atomic E-state index is 0.109. The van der Waals surface area contributed by atoms with Gasteiger partial charge < -0.3 is 72.6 Å². The van der Waals surface area contributed by atoms with Crippen LogP contribution in [0.2, 0.25) is 0 Å². The lowest BCUT2D eigenvalue weighted by Gasteiger charge is -2.32. The van der Waals surface area contributed by atoms with Crippen LogP contribution in [0.4, 0.5) is 23.2 Å². The van der Waals surface area contributed by atoms with Gasteiger partial charge in [-0.3, -0.25) is 17.6 Å².